The van der Waals surface area contributed by atoms with Crippen molar-refractivity contribution in [3.63, 3.8) is 0 Å². The molecule has 25 heavy (non-hydrogen) atoms. The molecule has 1 aliphatic carbocycles. The van der Waals surface area contributed by atoms with Gasteiger partial charge < -0.3 is 20.1 Å². The van der Waals surface area contributed by atoms with Gasteiger partial charge in [-0.1, -0.05) is 38.3 Å². The molecule has 1 saturated heterocycles. The van der Waals surface area contributed by atoms with Gasteiger partial charge in [-0.05, 0) is 25.3 Å². The largest absolute Gasteiger partial charge is 0.495 e. The van der Waals surface area contributed by atoms with E-state index in [1.165, 1.54) is 0 Å². The Morgan fingerprint density at radius 1 is 1.36 bits per heavy atom. The molecule has 5 heteroatoms. The minimum absolute atomic E-state index is 0.0238. The van der Waals surface area contributed by atoms with Crippen molar-refractivity contribution in [2.75, 3.05) is 0 Å². The van der Waals surface area contributed by atoms with E-state index in [1.54, 1.807) is 0 Å². The highest BCUT2D eigenvalue weighted by Crippen LogP contribution is 2.45. The van der Waals surface area contributed by atoms with Gasteiger partial charge in [-0.25, -0.2) is 0 Å². The van der Waals surface area contributed by atoms with Gasteiger partial charge in [0.05, 0.1) is 18.0 Å². The molecule has 5 atom stereocenters. The number of unbranched alkanes of at least 4 members (excludes halogenated alkanes) is 3. The number of hydrogen-bond acceptors (Lipinski definition) is 4. The van der Waals surface area contributed by atoms with Gasteiger partial charge in [0.2, 0.25) is 0 Å². The van der Waals surface area contributed by atoms with Crippen molar-refractivity contribution in [1.29, 1.82) is 0 Å². The van der Waals surface area contributed by atoms with E-state index in [0.717, 1.165) is 37.9 Å². The molecule has 1 aliphatic heterocycles. The predicted octanol–water partition coefficient (Wildman–Crippen LogP) is 3.41. The first-order chi connectivity index (χ1) is 12.0. The molecule has 0 bridgehead atoms. The van der Waals surface area contributed by atoms with Crippen molar-refractivity contribution in [2.45, 2.75) is 83.0 Å². The number of aliphatic hydroxyl groups is 2. The Morgan fingerprint density at radius 3 is 2.88 bits per heavy atom. The van der Waals surface area contributed by atoms with Crippen molar-refractivity contribution in [1.82, 2.24) is 0 Å². The maximum absolute atomic E-state index is 10.5. The van der Waals surface area contributed by atoms with E-state index >= 15 is 0 Å². The molecule has 0 radical (unpaired) electrons. The third-order valence-electron chi connectivity index (χ3n) is 5.26. The van der Waals surface area contributed by atoms with Gasteiger partial charge in [-0.2, -0.15) is 0 Å². The lowest BCUT2D eigenvalue weighted by atomic mass is 9.90. The molecule has 0 aromatic heterocycles. The van der Waals surface area contributed by atoms with E-state index in [9.17, 15) is 15.0 Å². The minimum Gasteiger partial charge on any atom is -0.495 e. The summed E-state index contributed by atoms with van der Waals surface area (Å²) in [6.45, 7) is 2.14. The van der Waals surface area contributed by atoms with Crippen LogP contribution in [0.1, 0.15) is 64.7 Å². The lowest BCUT2D eigenvalue weighted by Gasteiger charge is -2.16. The highest BCUT2D eigenvalue weighted by molar-refractivity contribution is 5.66. The number of aliphatic hydroxyl groups excluding tert-OH is 2. The molecular formula is C20H32O5. The lowest BCUT2D eigenvalue weighted by molar-refractivity contribution is -0.137. The van der Waals surface area contributed by atoms with Crippen LogP contribution in [-0.4, -0.2) is 39.6 Å². The SMILES string of the molecule is CCCCC[C@H](O)/C=C\[C@H]1[C@H]2C/C(=C\CCCC(=O)O)O[C@@H]2C[C@H]1O. The second-order valence-electron chi connectivity index (χ2n) is 7.31. The molecule has 0 aromatic carbocycles. The summed E-state index contributed by atoms with van der Waals surface area (Å²) in [5.74, 6) is 0.429. The van der Waals surface area contributed by atoms with Gasteiger partial charge >= 0.3 is 5.97 Å². The molecule has 142 valence electrons. The Hall–Kier alpha value is -1.33. The lowest BCUT2D eigenvalue weighted by Crippen LogP contribution is -2.18. The molecule has 2 rings (SSSR count). The van der Waals surface area contributed by atoms with Crippen LogP contribution in [0.5, 0.6) is 0 Å². The Kier molecular flexibility index (Phi) is 7.97. The van der Waals surface area contributed by atoms with Crippen molar-refractivity contribution in [2.24, 2.45) is 11.8 Å². The summed E-state index contributed by atoms with van der Waals surface area (Å²) in [7, 11) is 0. The Labute approximate surface area is 150 Å². The fourth-order valence-electron chi connectivity index (χ4n) is 3.86. The molecule has 1 heterocycles. The van der Waals surface area contributed by atoms with Gasteiger partial charge in [0.25, 0.3) is 0 Å². The summed E-state index contributed by atoms with van der Waals surface area (Å²) < 4.78 is 5.94. The van der Waals surface area contributed by atoms with Crippen molar-refractivity contribution >= 4 is 5.97 Å². The summed E-state index contributed by atoms with van der Waals surface area (Å²) in [6, 6.07) is 0. The third kappa shape index (κ3) is 6.15. The van der Waals surface area contributed by atoms with Gasteiger partial charge in [0, 0.05) is 31.1 Å². The highest BCUT2D eigenvalue weighted by Gasteiger charge is 2.46. The van der Waals surface area contributed by atoms with E-state index in [-0.39, 0.29) is 24.4 Å². The van der Waals surface area contributed by atoms with E-state index in [2.05, 4.69) is 6.92 Å². The number of fused-ring (bicyclic) bond motifs is 1. The van der Waals surface area contributed by atoms with Crippen LogP contribution in [0, 0.1) is 11.8 Å². The van der Waals surface area contributed by atoms with Crippen molar-refractivity contribution in [3.8, 4) is 0 Å². The van der Waals surface area contributed by atoms with Gasteiger partial charge in [0.15, 0.2) is 0 Å². The van der Waals surface area contributed by atoms with Crippen LogP contribution in [0.15, 0.2) is 24.0 Å². The summed E-state index contributed by atoms with van der Waals surface area (Å²) in [6.07, 6.45) is 12.0. The predicted molar refractivity (Wildman–Crippen MR) is 96.0 cm³/mol. The average molecular weight is 352 g/mol. The van der Waals surface area contributed by atoms with E-state index in [4.69, 9.17) is 9.84 Å². The number of carboxylic acid groups (broad SMARTS) is 1. The van der Waals surface area contributed by atoms with Gasteiger partial charge in [-0.3, -0.25) is 4.79 Å². The van der Waals surface area contributed by atoms with E-state index < -0.39 is 18.2 Å². The average Bonchev–Trinajstić information content (AvgIpc) is 3.06. The molecule has 0 unspecified atom stereocenters. The number of carboxylic acids is 1. The highest BCUT2D eigenvalue weighted by atomic mass is 16.5. The first-order valence-corrected chi connectivity index (χ1v) is 9.63. The number of ether oxygens (including phenoxy) is 1. The molecule has 0 spiro atoms. The number of hydrogen-bond donors (Lipinski definition) is 3. The maximum atomic E-state index is 10.5. The Balaban J connectivity index is 1.83. The number of allylic oxidation sites excluding steroid dienone is 2. The molecule has 1 saturated carbocycles. The molecule has 5 nitrogen and oxygen atoms in total. The molecule has 0 amide bonds. The first kappa shape index (κ1) is 20.0. The second kappa shape index (κ2) is 9.97. The zero-order valence-corrected chi connectivity index (χ0v) is 15.1. The molecule has 2 aliphatic rings. The number of aliphatic carboxylic acids is 1. The second-order valence-corrected chi connectivity index (χ2v) is 7.31. The fraction of sp³-hybridized carbons (Fsp3) is 0.750. The summed E-state index contributed by atoms with van der Waals surface area (Å²) in [5.41, 5.74) is 0. The van der Waals surface area contributed by atoms with Crippen LogP contribution in [0.25, 0.3) is 0 Å². The van der Waals surface area contributed by atoms with Crippen LogP contribution in [-0.2, 0) is 9.53 Å². The zero-order valence-electron chi connectivity index (χ0n) is 15.1. The number of carbonyl (C=O) groups is 1. The Morgan fingerprint density at radius 2 is 2.16 bits per heavy atom. The van der Waals surface area contributed by atoms with Crippen LogP contribution in [0.2, 0.25) is 0 Å². The topological polar surface area (TPSA) is 87.0 Å². The quantitative estimate of drug-likeness (QED) is 0.414. The molecule has 0 aromatic rings. The van der Waals surface area contributed by atoms with E-state index in [0.29, 0.717) is 19.3 Å². The van der Waals surface area contributed by atoms with Crippen molar-refractivity contribution in [3.05, 3.63) is 24.0 Å². The molecule has 2 fully saturated rings. The zero-order chi connectivity index (χ0) is 18.2. The smallest absolute Gasteiger partial charge is 0.303 e. The fourth-order valence-corrected chi connectivity index (χ4v) is 3.86. The summed E-state index contributed by atoms with van der Waals surface area (Å²) in [4.78, 5) is 10.5. The van der Waals surface area contributed by atoms with Gasteiger partial charge in [0.1, 0.15) is 6.10 Å². The van der Waals surface area contributed by atoms with E-state index in [1.807, 2.05) is 18.2 Å². The van der Waals surface area contributed by atoms with Crippen LogP contribution >= 0.6 is 0 Å². The van der Waals surface area contributed by atoms with Crippen LogP contribution in [0.3, 0.4) is 0 Å². The molecule has 3 N–H and O–H groups in total. The van der Waals surface area contributed by atoms with Crippen molar-refractivity contribution < 1.29 is 24.9 Å². The van der Waals surface area contributed by atoms with Crippen LogP contribution < -0.4 is 0 Å². The monoisotopic (exact) mass is 352 g/mol. The Bertz CT molecular complexity index is 484. The summed E-state index contributed by atoms with van der Waals surface area (Å²) in [5, 5.41) is 29.0. The maximum Gasteiger partial charge on any atom is 0.303 e. The standard InChI is InChI=1S/C20H32O5/c1-2-3-4-7-14(21)10-11-16-17-12-15(8-5-6-9-20(23)24)25-19(17)13-18(16)22/h8,10-11,14,16-19,21-22H,2-7,9,12-13H2,1H3,(H,23,24)/b11-10-,15-8+/t14-,16-,17+,18+,19+/m0/s1. The number of rotatable bonds is 10. The minimum atomic E-state index is -0.770. The van der Waals surface area contributed by atoms with Crippen LogP contribution in [0.4, 0.5) is 0 Å². The normalized spacial score (nSPS) is 31.4. The molecular weight excluding hydrogens is 320 g/mol. The first-order valence-electron chi connectivity index (χ1n) is 9.63. The summed E-state index contributed by atoms with van der Waals surface area (Å²) >= 11 is 0. The van der Waals surface area contributed by atoms with Gasteiger partial charge in [-0.15, -0.1) is 0 Å². The third-order valence-corrected chi connectivity index (χ3v) is 5.26.